The first-order valence-corrected chi connectivity index (χ1v) is 9.51. The lowest BCUT2D eigenvalue weighted by atomic mass is 10.0. The Bertz CT molecular complexity index is 622. The highest BCUT2D eigenvalue weighted by Crippen LogP contribution is 2.27. The van der Waals surface area contributed by atoms with Gasteiger partial charge in [0.15, 0.2) is 5.96 Å². The number of carbonyl (C=O) groups is 1. The maximum Gasteiger partial charge on any atom is 0.246 e. The summed E-state index contributed by atoms with van der Waals surface area (Å²) < 4.78 is 5.76. The maximum absolute atomic E-state index is 12.5. The molecule has 7 heteroatoms. The summed E-state index contributed by atoms with van der Waals surface area (Å²) in [6.45, 7) is 8.81. The minimum Gasteiger partial charge on any atom is -0.378 e. The maximum atomic E-state index is 12.5. The molecule has 0 aromatic heterocycles. The van der Waals surface area contributed by atoms with Crippen molar-refractivity contribution in [1.29, 1.82) is 0 Å². The van der Waals surface area contributed by atoms with Gasteiger partial charge in [-0.3, -0.25) is 9.79 Å². The average Bonchev–Trinajstić information content (AvgIpc) is 3.07. The van der Waals surface area contributed by atoms with E-state index in [1.807, 2.05) is 30.0 Å². The van der Waals surface area contributed by atoms with Crippen LogP contribution in [-0.4, -0.2) is 51.3 Å². The predicted octanol–water partition coefficient (Wildman–Crippen LogP) is 2.81. The van der Waals surface area contributed by atoms with Gasteiger partial charge in [-0.25, -0.2) is 0 Å². The lowest BCUT2D eigenvalue weighted by Gasteiger charge is -2.22. The van der Waals surface area contributed by atoms with Crippen LogP contribution in [0, 0.1) is 5.92 Å². The molecule has 1 amide bonds. The molecule has 1 aliphatic heterocycles. The number of benzene rings is 1. The van der Waals surface area contributed by atoms with Gasteiger partial charge in [0, 0.05) is 32.4 Å². The predicted molar refractivity (Wildman–Crippen MR) is 122 cm³/mol. The van der Waals surface area contributed by atoms with Gasteiger partial charge in [0.05, 0.1) is 12.6 Å². The van der Waals surface area contributed by atoms with Crippen LogP contribution in [0.25, 0.3) is 0 Å². The molecule has 2 N–H and O–H groups in total. The first-order valence-electron chi connectivity index (χ1n) is 9.51. The van der Waals surface area contributed by atoms with Crippen molar-refractivity contribution >= 4 is 41.5 Å². The monoisotopic (exact) mass is 488 g/mol. The zero-order valence-corrected chi connectivity index (χ0v) is 19.2. The van der Waals surface area contributed by atoms with Crippen molar-refractivity contribution in [1.82, 2.24) is 10.6 Å². The van der Waals surface area contributed by atoms with Crippen LogP contribution in [0.15, 0.2) is 29.3 Å². The number of ether oxygens (including phenoxy) is 1. The first-order chi connectivity index (χ1) is 12.6. The highest BCUT2D eigenvalue weighted by molar-refractivity contribution is 14.0. The number of hydrogen-bond acceptors (Lipinski definition) is 3. The number of carbonyl (C=O) groups excluding carboxylic acids is 1. The van der Waals surface area contributed by atoms with Gasteiger partial charge in [0.2, 0.25) is 5.91 Å². The van der Waals surface area contributed by atoms with Gasteiger partial charge >= 0.3 is 0 Å². The Morgan fingerprint density at radius 2 is 2.04 bits per heavy atom. The fourth-order valence-corrected chi connectivity index (χ4v) is 3.23. The minimum atomic E-state index is 0. The Labute approximate surface area is 180 Å². The topological polar surface area (TPSA) is 66.0 Å². The van der Waals surface area contributed by atoms with Gasteiger partial charge in [0.25, 0.3) is 0 Å². The second kappa shape index (κ2) is 12.2. The Hall–Kier alpha value is -1.35. The van der Waals surface area contributed by atoms with Crippen molar-refractivity contribution in [2.24, 2.45) is 10.9 Å². The molecule has 0 spiro atoms. The van der Waals surface area contributed by atoms with Gasteiger partial charge < -0.3 is 20.3 Å². The van der Waals surface area contributed by atoms with Crippen LogP contribution >= 0.6 is 24.0 Å². The largest absolute Gasteiger partial charge is 0.378 e. The molecule has 1 unspecified atom stereocenters. The molecule has 27 heavy (non-hydrogen) atoms. The molecule has 152 valence electrons. The first kappa shape index (κ1) is 23.7. The Kier molecular flexibility index (Phi) is 10.7. The van der Waals surface area contributed by atoms with Gasteiger partial charge in [0.1, 0.15) is 0 Å². The summed E-state index contributed by atoms with van der Waals surface area (Å²) in [5.74, 6) is 1.18. The van der Waals surface area contributed by atoms with E-state index in [0.29, 0.717) is 11.9 Å². The molecule has 0 saturated carbocycles. The number of amides is 1. The van der Waals surface area contributed by atoms with E-state index in [2.05, 4.69) is 35.5 Å². The number of aliphatic imine (C=N–C) groups is 1. The molecule has 1 aromatic carbocycles. The Morgan fingerprint density at radius 3 is 2.70 bits per heavy atom. The number of anilines is 1. The fraction of sp³-hybridized carbons (Fsp3) is 0.600. The Balaban J connectivity index is 0.00000364. The smallest absolute Gasteiger partial charge is 0.246 e. The van der Waals surface area contributed by atoms with Crippen LogP contribution in [-0.2, 0) is 16.0 Å². The quantitative estimate of drug-likeness (QED) is 0.336. The van der Waals surface area contributed by atoms with Crippen molar-refractivity contribution in [3.63, 3.8) is 0 Å². The molecule has 1 atom stereocenters. The molecule has 6 nitrogen and oxygen atoms in total. The van der Waals surface area contributed by atoms with Crippen molar-refractivity contribution in [2.45, 2.75) is 39.7 Å². The van der Waals surface area contributed by atoms with Crippen molar-refractivity contribution in [2.75, 3.05) is 38.2 Å². The van der Waals surface area contributed by atoms with Crippen LogP contribution in [0.4, 0.5) is 5.69 Å². The van der Waals surface area contributed by atoms with Crippen molar-refractivity contribution in [3.05, 3.63) is 29.8 Å². The molecule has 2 rings (SSSR count). The van der Waals surface area contributed by atoms with Crippen LogP contribution in [0.3, 0.4) is 0 Å². The minimum absolute atomic E-state index is 0. The summed E-state index contributed by atoms with van der Waals surface area (Å²) in [6, 6.07) is 8.08. The summed E-state index contributed by atoms with van der Waals surface area (Å²) >= 11 is 0. The second-order valence-corrected chi connectivity index (χ2v) is 6.80. The van der Waals surface area contributed by atoms with Crippen LogP contribution in [0.2, 0.25) is 0 Å². The van der Waals surface area contributed by atoms with E-state index in [9.17, 15) is 4.79 Å². The van der Waals surface area contributed by atoms with Gasteiger partial charge in [-0.15, -0.1) is 24.0 Å². The third-order valence-corrected chi connectivity index (χ3v) is 4.66. The summed E-state index contributed by atoms with van der Waals surface area (Å²) in [4.78, 5) is 18.6. The average molecular weight is 488 g/mol. The highest BCUT2D eigenvalue weighted by Gasteiger charge is 2.23. The third kappa shape index (κ3) is 6.95. The number of para-hydroxylation sites is 1. The zero-order valence-electron chi connectivity index (χ0n) is 16.8. The Morgan fingerprint density at radius 1 is 1.30 bits per heavy atom. The lowest BCUT2D eigenvalue weighted by Crippen LogP contribution is -2.45. The molecular weight excluding hydrogens is 455 g/mol. The van der Waals surface area contributed by atoms with E-state index >= 15 is 0 Å². The van der Waals surface area contributed by atoms with E-state index < -0.39 is 0 Å². The van der Waals surface area contributed by atoms with Crippen LogP contribution in [0.1, 0.15) is 32.8 Å². The van der Waals surface area contributed by atoms with Crippen molar-refractivity contribution < 1.29 is 9.53 Å². The molecule has 0 saturated heterocycles. The van der Waals surface area contributed by atoms with E-state index in [4.69, 9.17) is 4.74 Å². The van der Waals surface area contributed by atoms with Gasteiger partial charge in [-0.1, -0.05) is 32.0 Å². The standard InChI is InChI=1S/C20H32N4O2.HI/c1-5-26-18(15(2)3)10-12-22-20(21-4)23-14-19(25)24-13-11-16-8-6-7-9-17(16)24;/h6-9,15,18H,5,10-14H2,1-4H3,(H2,21,22,23);1H. The molecule has 0 bridgehead atoms. The molecular formula is C20H33IN4O2. The number of rotatable bonds is 8. The summed E-state index contributed by atoms with van der Waals surface area (Å²) in [5, 5.41) is 6.39. The van der Waals surface area contributed by atoms with Gasteiger partial charge in [-0.2, -0.15) is 0 Å². The number of guanidine groups is 1. The normalized spacial score (nSPS) is 14.6. The lowest BCUT2D eigenvalue weighted by molar-refractivity contribution is -0.117. The van der Waals surface area contributed by atoms with E-state index in [1.54, 1.807) is 7.05 Å². The van der Waals surface area contributed by atoms with E-state index in [1.165, 1.54) is 5.56 Å². The number of nitrogens with one attached hydrogen (secondary N) is 2. The number of hydrogen-bond donors (Lipinski definition) is 2. The van der Waals surface area contributed by atoms with Crippen molar-refractivity contribution in [3.8, 4) is 0 Å². The molecule has 1 aliphatic rings. The van der Waals surface area contributed by atoms with E-state index in [-0.39, 0.29) is 42.5 Å². The highest BCUT2D eigenvalue weighted by atomic mass is 127. The van der Waals surface area contributed by atoms with Gasteiger partial charge in [-0.05, 0) is 37.3 Å². The van der Waals surface area contributed by atoms with E-state index in [0.717, 1.165) is 38.2 Å². The second-order valence-electron chi connectivity index (χ2n) is 6.80. The summed E-state index contributed by atoms with van der Waals surface area (Å²) in [5.41, 5.74) is 2.26. The molecule has 0 fully saturated rings. The molecule has 0 aliphatic carbocycles. The zero-order chi connectivity index (χ0) is 18.9. The third-order valence-electron chi connectivity index (χ3n) is 4.66. The SMILES string of the molecule is CCOC(CCNC(=NC)NCC(=O)N1CCc2ccccc21)C(C)C.I. The molecule has 1 heterocycles. The fourth-order valence-electron chi connectivity index (χ4n) is 3.23. The summed E-state index contributed by atoms with van der Waals surface area (Å²) in [6.07, 6.45) is 2.05. The summed E-state index contributed by atoms with van der Waals surface area (Å²) in [7, 11) is 1.72. The van der Waals surface area contributed by atoms with Crippen LogP contribution < -0.4 is 15.5 Å². The molecule has 1 aromatic rings. The number of halogens is 1. The number of fused-ring (bicyclic) bond motifs is 1. The number of nitrogens with zero attached hydrogens (tertiary/aromatic N) is 2. The van der Waals surface area contributed by atoms with Crippen LogP contribution in [0.5, 0.6) is 0 Å². The molecule has 0 radical (unpaired) electrons.